The van der Waals surface area contributed by atoms with Crippen molar-refractivity contribution >= 4 is 40.6 Å². The Morgan fingerprint density at radius 2 is 1.89 bits per heavy atom. The SMILES string of the molecule is CC=CCn1c(N2CCC[C@@H](NC(=O)OC(C)(C)C)C2)nc2c1c(=O)n(CC(=O)c1ccccc1NCC(=O)O)c(=O)n2C. The van der Waals surface area contributed by atoms with Gasteiger partial charge < -0.3 is 29.9 Å². The summed E-state index contributed by atoms with van der Waals surface area (Å²) in [5.41, 5.74) is -1.24. The molecule has 1 aromatic carbocycles. The molecule has 1 amide bonds. The first-order valence-corrected chi connectivity index (χ1v) is 14.4. The molecule has 44 heavy (non-hydrogen) atoms. The van der Waals surface area contributed by atoms with Crippen molar-refractivity contribution in [1.82, 2.24) is 24.0 Å². The number of alkyl carbamates (subject to hydrolysis) is 1. The number of aromatic nitrogens is 4. The Balaban J connectivity index is 1.72. The van der Waals surface area contributed by atoms with E-state index in [1.165, 1.54) is 17.7 Å². The molecular formula is C30H39N7O7. The fourth-order valence-corrected chi connectivity index (χ4v) is 5.16. The molecule has 2 aromatic heterocycles. The van der Waals surface area contributed by atoms with E-state index in [2.05, 4.69) is 10.6 Å². The van der Waals surface area contributed by atoms with E-state index in [0.29, 0.717) is 19.0 Å². The molecule has 0 bridgehead atoms. The summed E-state index contributed by atoms with van der Waals surface area (Å²) in [7, 11) is 1.49. The Morgan fingerprint density at radius 1 is 1.16 bits per heavy atom. The number of carbonyl (C=O) groups is 3. The number of anilines is 2. The van der Waals surface area contributed by atoms with Crippen molar-refractivity contribution < 1.29 is 24.2 Å². The lowest BCUT2D eigenvalue weighted by atomic mass is 10.1. The monoisotopic (exact) mass is 609 g/mol. The summed E-state index contributed by atoms with van der Waals surface area (Å²) in [6, 6.07) is 6.11. The highest BCUT2D eigenvalue weighted by atomic mass is 16.6. The number of ketones is 1. The van der Waals surface area contributed by atoms with E-state index < -0.39 is 47.8 Å². The van der Waals surface area contributed by atoms with Crippen LogP contribution in [-0.4, -0.2) is 72.9 Å². The molecule has 1 atom stereocenters. The van der Waals surface area contributed by atoms with Crippen LogP contribution in [0.3, 0.4) is 0 Å². The van der Waals surface area contributed by atoms with E-state index in [1.54, 1.807) is 43.5 Å². The molecule has 1 aliphatic heterocycles. The van der Waals surface area contributed by atoms with Gasteiger partial charge >= 0.3 is 17.8 Å². The molecule has 3 heterocycles. The van der Waals surface area contributed by atoms with Crippen molar-refractivity contribution in [1.29, 1.82) is 0 Å². The number of nitrogens with one attached hydrogen (secondary N) is 2. The summed E-state index contributed by atoms with van der Waals surface area (Å²) < 4.78 is 9.26. The molecule has 236 valence electrons. The number of benzene rings is 1. The van der Waals surface area contributed by atoms with E-state index in [1.807, 2.05) is 24.0 Å². The third-order valence-corrected chi connectivity index (χ3v) is 7.12. The lowest BCUT2D eigenvalue weighted by Crippen LogP contribution is -2.49. The van der Waals surface area contributed by atoms with Gasteiger partial charge in [0.05, 0.1) is 6.54 Å². The smallest absolute Gasteiger partial charge is 0.407 e. The number of nitrogens with zero attached hydrogens (tertiary/aromatic N) is 5. The van der Waals surface area contributed by atoms with Gasteiger partial charge in [0.1, 0.15) is 12.1 Å². The van der Waals surface area contributed by atoms with Crippen molar-refractivity contribution in [3.63, 3.8) is 0 Å². The number of rotatable bonds is 10. The van der Waals surface area contributed by atoms with Crippen molar-refractivity contribution in [3.05, 3.63) is 62.8 Å². The summed E-state index contributed by atoms with van der Waals surface area (Å²) in [4.78, 5) is 70.9. The first kappa shape index (κ1) is 32.0. The third kappa shape index (κ3) is 7.18. The van der Waals surface area contributed by atoms with Crippen LogP contribution >= 0.6 is 0 Å². The van der Waals surface area contributed by atoms with Crippen LogP contribution in [0.2, 0.25) is 0 Å². The standard InChI is InChI=1S/C30H39N7O7/c1-6-7-15-36-24-25(33-27(36)35-14-10-11-19(17-35)32-28(42)44-30(2,3)4)34(5)29(43)37(26(24)41)18-22(38)20-12-8-9-13-21(20)31-16-23(39)40/h6-9,12-13,19,31H,10-11,14-18H2,1-5H3,(H,32,42)(H,39,40)/t19-/m1/s1. The number of hydrogen-bond acceptors (Lipinski definition) is 9. The predicted octanol–water partition coefficient (Wildman–Crippen LogP) is 2.35. The molecule has 1 saturated heterocycles. The van der Waals surface area contributed by atoms with E-state index in [0.717, 1.165) is 17.4 Å². The average molecular weight is 610 g/mol. The molecule has 0 aliphatic carbocycles. The number of aryl methyl sites for hydroxylation is 1. The molecular weight excluding hydrogens is 570 g/mol. The Hall–Kier alpha value is -4.88. The maximum Gasteiger partial charge on any atom is 0.407 e. The zero-order valence-corrected chi connectivity index (χ0v) is 25.6. The molecule has 1 fully saturated rings. The minimum Gasteiger partial charge on any atom is -0.480 e. The lowest BCUT2D eigenvalue weighted by Gasteiger charge is -2.34. The second-order valence-corrected chi connectivity index (χ2v) is 11.6. The van der Waals surface area contributed by atoms with Crippen LogP contribution in [0.5, 0.6) is 0 Å². The highest BCUT2D eigenvalue weighted by molar-refractivity contribution is 6.01. The van der Waals surface area contributed by atoms with Crippen molar-refractivity contribution in [2.24, 2.45) is 7.05 Å². The number of aliphatic carboxylic acids is 1. The number of imidazole rings is 1. The zero-order valence-electron chi connectivity index (χ0n) is 25.6. The zero-order chi connectivity index (χ0) is 32.2. The Kier molecular flexibility index (Phi) is 9.60. The van der Waals surface area contributed by atoms with Gasteiger partial charge in [-0.3, -0.25) is 23.5 Å². The van der Waals surface area contributed by atoms with E-state index >= 15 is 0 Å². The molecule has 0 radical (unpaired) electrons. The van der Waals surface area contributed by atoms with Gasteiger partial charge in [-0.2, -0.15) is 4.98 Å². The summed E-state index contributed by atoms with van der Waals surface area (Å²) in [5.74, 6) is -1.18. The Labute approximate surface area is 253 Å². The second-order valence-electron chi connectivity index (χ2n) is 11.6. The van der Waals surface area contributed by atoms with Crippen LogP contribution in [0.1, 0.15) is 50.9 Å². The van der Waals surface area contributed by atoms with E-state index in [9.17, 15) is 24.0 Å². The fourth-order valence-electron chi connectivity index (χ4n) is 5.16. The quantitative estimate of drug-likeness (QED) is 0.229. The van der Waals surface area contributed by atoms with Gasteiger partial charge in [-0.15, -0.1) is 0 Å². The van der Waals surface area contributed by atoms with Gasteiger partial charge in [-0.1, -0.05) is 24.3 Å². The van der Waals surface area contributed by atoms with Crippen LogP contribution in [0.15, 0.2) is 46.0 Å². The van der Waals surface area contributed by atoms with Crippen LogP contribution in [0.4, 0.5) is 16.4 Å². The first-order valence-electron chi connectivity index (χ1n) is 14.4. The molecule has 4 rings (SSSR count). The minimum atomic E-state index is -1.10. The fraction of sp³-hybridized carbons (Fsp3) is 0.467. The second kappa shape index (κ2) is 13.2. The number of carboxylic acids is 1. The molecule has 14 heteroatoms. The minimum absolute atomic E-state index is 0.155. The normalized spacial score (nSPS) is 15.5. The van der Waals surface area contributed by atoms with Gasteiger partial charge in [0.2, 0.25) is 5.95 Å². The molecule has 3 aromatic rings. The van der Waals surface area contributed by atoms with Crippen LogP contribution in [0.25, 0.3) is 11.2 Å². The summed E-state index contributed by atoms with van der Waals surface area (Å²) in [5, 5.41) is 14.7. The maximum atomic E-state index is 13.9. The molecule has 3 N–H and O–H groups in total. The van der Waals surface area contributed by atoms with E-state index in [4.69, 9.17) is 14.8 Å². The number of para-hydroxylation sites is 1. The Morgan fingerprint density at radius 3 is 2.57 bits per heavy atom. The molecule has 0 spiro atoms. The highest BCUT2D eigenvalue weighted by Crippen LogP contribution is 2.24. The number of amides is 1. The number of Topliss-reactive ketones (excluding diaryl/α,β-unsaturated/α-hetero) is 1. The van der Waals surface area contributed by atoms with Gasteiger partial charge in [-0.05, 0) is 52.7 Å². The summed E-state index contributed by atoms with van der Waals surface area (Å²) in [6.07, 6.45) is 4.67. The number of carboxylic acid groups (broad SMARTS) is 1. The molecule has 0 unspecified atom stereocenters. The largest absolute Gasteiger partial charge is 0.480 e. The number of ether oxygens (including phenoxy) is 1. The number of hydrogen-bond donors (Lipinski definition) is 3. The van der Waals surface area contributed by atoms with Crippen LogP contribution in [0, 0.1) is 0 Å². The van der Waals surface area contributed by atoms with Gasteiger partial charge in [0, 0.05) is 44.0 Å². The van der Waals surface area contributed by atoms with Crippen LogP contribution < -0.4 is 26.8 Å². The van der Waals surface area contributed by atoms with Crippen molar-refractivity contribution in [2.75, 3.05) is 29.9 Å². The molecule has 14 nitrogen and oxygen atoms in total. The van der Waals surface area contributed by atoms with Gasteiger partial charge in [0.15, 0.2) is 16.9 Å². The number of fused-ring (bicyclic) bond motifs is 1. The maximum absolute atomic E-state index is 13.9. The highest BCUT2D eigenvalue weighted by Gasteiger charge is 2.29. The predicted molar refractivity (Wildman–Crippen MR) is 166 cm³/mol. The first-order chi connectivity index (χ1) is 20.8. The lowest BCUT2D eigenvalue weighted by molar-refractivity contribution is -0.134. The third-order valence-electron chi connectivity index (χ3n) is 7.12. The summed E-state index contributed by atoms with van der Waals surface area (Å²) >= 11 is 0. The van der Waals surface area contributed by atoms with Gasteiger partial charge in [0.25, 0.3) is 5.56 Å². The Bertz CT molecular complexity index is 1710. The summed E-state index contributed by atoms with van der Waals surface area (Å²) in [6.45, 7) is 7.59. The van der Waals surface area contributed by atoms with E-state index in [-0.39, 0.29) is 35.0 Å². The van der Waals surface area contributed by atoms with Crippen molar-refractivity contribution in [3.8, 4) is 0 Å². The van der Waals surface area contributed by atoms with Crippen molar-refractivity contribution in [2.45, 2.75) is 65.3 Å². The van der Waals surface area contributed by atoms with Crippen LogP contribution in [-0.2, 0) is 29.7 Å². The average Bonchev–Trinajstić information content (AvgIpc) is 3.35. The molecule has 1 aliphatic rings. The van der Waals surface area contributed by atoms with Gasteiger partial charge in [-0.25, -0.2) is 9.59 Å². The number of carbonyl (C=O) groups excluding carboxylic acids is 2. The number of allylic oxidation sites excluding steroid dienone is 2. The molecule has 0 saturated carbocycles. The topological polar surface area (TPSA) is 170 Å². The number of piperidine rings is 1.